The summed E-state index contributed by atoms with van der Waals surface area (Å²) in [5, 5.41) is 3.64. The SMILES string of the molecule is C1CC2CNC3(CCCC3)OC2C1. The lowest BCUT2D eigenvalue weighted by atomic mass is 10.00. The van der Waals surface area contributed by atoms with Crippen LogP contribution in [-0.2, 0) is 4.74 Å². The third kappa shape index (κ3) is 1.31. The second-order valence-corrected chi connectivity index (χ2v) is 4.93. The van der Waals surface area contributed by atoms with Gasteiger partial charge in [-0.15, -0.1) is 0 Å². The molecule has 0 amide bonds. The van der Waals surface area contributed by atoms with Gasteiger partial charge in [0.05, 0.1) is 6.10 Å². The zero-order chi connectivity index (χ0) is 8.73. The predicted octanol–water partition coefficient (Wildman–Crippen LogP) is 2.05. The Hall–Kier alpha value is -0.0800. The van der Waals surface area contributed by atoms with Gasteiger partial charge in [-0.25, -0.2) is 0 Å². The zero-order valence-corrected chi connectivity index (χ0v) is 8.22. The quantitative estimate of drug-likeness (QED) is 0.617. The summed E-state index contributed by atoms with van der Waals surface area (Å²) in [6, 6.07) is 0. The third-order valence-electron chi connectivity index (χ3n) is 4.06. The van der Waals surface area contributed by atoms with E-state index in [1.807, 2.05) is 0 Å². The van der Waals surface area contributed by atoms with Crippen molar-refractivity contribution >= 4 is 0 Å². The molecule has 1 spiro atoms. The molecule has 0 aromatic carbocycles. The molecule has 1 N–H and O–H groups in total. The van der Waals surface area contributed by atoms with Gasteiger partial charge in [-0.3, -0.25) is 5.32 Å². The van der Waals surface area contributed by atoms with Crippen molar-refractivity contribution in [2.45, 2.75) is 56.8 Å². The summed E-state index contributed by atoms with van der Waals surface area (Å²) >= 11 is 0. The maximum absolute atomic E-state index is 6.25. The first-order valence-corrected chi connectivity index (χ1v) is 5.81. The molecule has 2 nitrogen and oxygen atoms in total. The van der Waals surface area contributed by atoms with Crippen LogP contribution in [0.4, 0.5) is 0 Å². The lowest BCUT2D eigenvalue weighted by Gasteiger charge is -2.41. The molecule has 1 aliphatic heterocycles. The highest BCUT2D eigenvalue weighted by atomic mass is 16.5. The molecule has 3 fully saturated rings. The standard InChI is InChI=1S/C11H19NO/c1-2-7-11(6-1)12-8-9-4-3-5-10(9)13-11/h9-10,12H,1-8H2. The van der Waals surface area contributed by atoms with Crippen LogP contribution in [0.25, 0.3) is 0 Å². The van der Waals surface area contributed by atoms with Crippen LogP contribution >= 0.6 is 0 Å². The highest BCUT2D eigenvalue weighted by Gasteiger charge is 2.44. The third-order valence-corrected chi connectivity index (χ3v) is 4.06. The summed E-state index contributed by atoms with van der Waals surface area (Å²) in [6.07, 6.45) is 9.87. The molecular weight excluding hydrogens is 162 g/mol. The van der Waals surface area contributed by atoms with Crippen LogP contribution in [0.5, 0.6) is 0 Å². The molecule has 2 atom stereocenters. The van der Waals surface area contributed by atoms with Crippen LogP contribution in [-0.4, -0.2) is 18.4 Å². The molecule has 2 unspecified atom stereocenters. The summed E-state index contributed by atoms with van der Waals surface area (Å²) in [5.41, 5.74) is 0.117. The van der Waals surface area contributed by atoms with Crippen LogP contribution in [0.2, 0.25) is 0 Å². The van der Waals surface area contributed by atoms with Gasteiger partial charge in [0.1, 0.15) is 5.72 Å². The lowest BCUT2D eigenvalue weighted by molar-refractivity contribution is -0.152. The fourth-order valence-corrected chi connectivity index (χ4v) is 3.28. The first kappa shape index (κ1) is 8.25. The van der Waals surface area contributed by atoms with E-state index in [0.29, 0.717) is 6.10 Å². The molecule has 1 saturated heterocycles. The van der Waals surface area contributed by atoms with Crippen LogP contribution < -0.4 is 5.32 Å². The van der Waals surface area contributed by atoms with Gasteiger partial charge in [0.25, 0.3) is 0 Å². The Morgan fingerprint density at radius 1 is 1.08 bits per heavy atom. The van der Waals surface area contributed by atoms with Crippen molar-refractivity contribution in [2.24, 2.45) is 5.92 Å². The van der Waals surface area contributed by atoms with E-state index in [9.17, 15) is 0 Å². The maximum Gasteiger partial charge on any atom is 0.119 e. The largest absolute Gasteiger partial charge is 0.357 e. The number of hydrogen-bond donors (Lipinski definition) is 1. The maximum atomic E-state index is 6.25. The Bertz CT molecular complexity index is 198. The van der Waals surface area contributed by atoms with Crippen LogP contribution in [0.1, 0.15) is 44.9 Å². The smallest absolute Gasteiger partial charge is 0.119 e. The average molecular weight is 181 g/mol. The van der Waals surface area contributed by atoms with Crippen molar-refractivity contribution in [2.75, 3.05) is 6.54 Å². The van der Waals surface area contributed by atoms with E-state index in [1.54, 1.807) is 0 Å². The number of fused-ring (bicyclic) bond motifs is 1. The van der Waals surface area contributed by atoms with Crippen molar-refractivity contribution in [1.82, 2.24) is 5.32 Å². The minimum Gasteiger partial charge on any atom is -0.357 e. The Labute approximate surface area is 80.0 Å². The van der Waals surface area contributed by atoms with Crippen molar-refractivity contribution in [3.8, 4) is 0 Å². The monoisotopic (exact) mass is 181 g/mol. The Kier molecular flexibility index (Phi) is 1.88. The summed E-state index contributed by atoms with van der Waals surface area (Å²) in [5.74, 6) is 0.825. The first-order valence-electron chi connectivity index (χ1n) is 5.81. The second-order valence-electron chi connectivity index (χ2n) is 4.93. The van der Waals surface area contributed by atoms with Gasteiger partial charge >= 0.3 is 0 Å². The summed E-state index contributed by atoms with van der Waals surface area (Å²) in [4.78, 5) is 0. The summed E-state index contributed by atoms with van der Waals surface area (Å²) in [6.45, 7) is 1.21. The number of hydrogen-bond acceptors (Lipinski definition) is 2. The van der Waals surface area contributed by atoms with Crippen molar-refractivity contribution in [3.05, 3.63) is 0 Å². The second kappa shape index (κ2) is 2.96. The van der Waals surface area contributed by atoms with Crippen molar-refractivity contribution in [3.63, 3.8) is 0 Å². The van der Waals surface area contributed by atoms with E-state index in [2.05, 4.69) is 5.32 Å². The molecule has 2 aliphatic carbocycles. The minimum atomic E-state index is 0.117. The van der Waals surface area contributed by atoms with Gasteiger partial charge in [0.15, 0.2) is 0 Å². The van der Waals surface area contributed by atoms with E-state index in [4.69, 9.17) is 4.74 Å². The molecule has 0 radical (unpaired) electrons. The summed E-state index contributed by atoms with van der Waals surface area (Å²) < 4.78 is 6.25. The van der Waals surface area contributed by atoms with Gasteiger partial charge in [-0.1, -0.05) is 6.42 Å². The molecule has 13 heavy (non-hydrogen) atoms. The molecular formula is C11H19NO. The Balaban J connectivity index is 1.73. The van der Waals surface area contributed by atoms with E-state index in [-0.39, 0.29) is 5.72 Å². The van der Waals surface area contributed by atoms with E-state index in [1.165, 1.54) is 51.5 Å². The lowest BCUT2D eigenvalue weighted by Crippen LogP contribution is -2.55. The molecule has 3 rings (SSSR count). The van der Waals surface area contributed by atoms with Crippen molar-refractivity contribution in [1.29, 1.82) is 0 Å². The number of nitrogens with one attached hydrogen (secondary N) is 1. The number of ether oxygens (including phenoxy) is 1. The highest BCUT2D eigenvalue weighted by Crippen LogP contribution is 2.40. The minimum absolute atomic E-state index is 0.117. The topological polar surface area (TPSA) is 21.3 Å². The fraction of sp³-hybridized carbons (Fsp3) is 1.00. The van der Waals surface area contributed by atoms with Gasteiger partial charge in [0, 0.05) is 6.54 Å². The molecule has 0 aromatic heterocycles. The van der Waals surface area contributed by atoms with Gasteiger partial charge in [-0.2, -0.15) is 0 Å². The molecule has 1 heterocycles. The fourth-order valence-electron chi connectivity index (χ4n) is 3.28. The van der Waals surface area contributed by atoms with Gasteiger partial charge < -0.3 is 4.74 Å². The van der Waals surface area contributed by atoms with E-state index >= 15 is 0 Å². The van der Waals surface area contributed by atoms with E-state index in [0.717, 1.165) is 5.92 Å². The van der Waals surface area contributed by atoms with Crippen LogP contribution in [0, 0.1) is 5.92 Å². The van der Waals surface area contributed by atoms with Gasteiger partial charge in [-0.05, 0) is 44.4 Å². The van der Waals surface area contributed by atoms with Crippen molar-refractivity contribution < 1.29 is 4.74 Å². The molecule has 0 bridgehead atoms. The zero-order valence-electron chi connectivity index (χ0n) is 8.22. The van der Waals surface area contributed by atoms with Crippen LogP contribution in [0.3, 0.4) is 0 Å². The first-order chi connectivity index (χ1) is 6.38. The average Bonchev–Trinajstić information content (AvgIpc) is 2.74. The normalized spacial score (nSPS) is 42.5. The molecule has 3 aliphatic rings. The molecule has 2 saturated carbocycles. The van der Waals surface area contributed by atoms with Crippen LogP contribution in [0.15, 0.2) is 0 Å². The predicted molar refractivity (Wildman–Crippen MR) is 51.4 cm³/mol. The Morgan fingerprint density at radius 2 is 1.92 bits per heavy atom. The number of rotatable bonds is 0. The molecule has 0 aromatic rings. The molecule has 2 heteroatoms. The Morgan fingerprint density at radius 3 is 2.77 bits per heavy atom. The van der Waals surface area contributed by atoms with Gasteiger partial charge in [0.2, 0.25) is 0 Å². The molecule has 74 valence electrons. The summed E-state index contributed by atoms with van der Waals surface area (Å²) in [7, 11) is 0. The van der Waals surface area contributed by atoms with E-state index < -0.39 is 0 Å². The highest BCUT2D eigenvalue weighted by molar-refractivity contribution is 4.94.